The van der Waals surface area contributed by atoms with Crippen LogP contribution in [-0.2, 0) is 6.42 Å². The molecule has 0 bridgehead atoms. The summed E-state index contributed by atoms with van der Waals surface area (Å²) in [7, 11) is 0. The second-order valence-electron chi connectivity index (χ2n) is 6.86. The number of nitriles is 1. The lowest BCUT2D eigenvalue weighted by Gasteiger charge is -2.27. The Kier molecular flexibility index (Phi) is 3.65. The molecule has 2 N–H and O–H groups in total. The molecule has 5 rings (SSSR count). The second-order valence-corrected chi connectivity index (χ2v) is 6.86. The molecule has 0 saturated carbocycles. The fraction of sp³-hybridized carbons (Fsp3) is 0.190. The highest BCUT2D eigenvalue weighted by atomic mass is 16.5. The largest absolute Gasteiger partial charge is 0.378 e. The van der Waals surface area contributed by atoms with Gasteiger partial charge in [-0.3, -0.25) is 5.10 Å². The number of benzene rings is 2. The Morgan fingerprint density at radius 2 is 2.19 bits per heavy atom. The van der Waals surface area contributed by atoms with Gasteiger partial charge in [0, 0.05) is 11.1 Å². The maximum absolute atomic E-state index is 9.14. The van der Waals surface area contributed by atoms with Gasteiger partial charge in [-0.05, 0) is 60.7 Å². The lowest BCUT2D eigenvalue weighted by atomic mass is 9.86. The molecule has 6 nitrogen and oxygen atoms in total. The number of anilines is 1. The van der Waals surface area contributed by atoms with Gasteiger partial charge in [0.1, 0.15) is 12.0 Å². The zero-order valence-electron chi connectivity index (χ0n) is 14.6. The van der Waals surface area contributed by atoms with Gasteiger partial charge < -0.3 is 9.84 Å². The molecule has 0 aliphatic heterocycles. The minimum Gasteiger partial charge on any atom is -0.378 e. The third-order valence-corrected chi connectivity index (χ3v) is 5.20. The van der Waals surface area contributed by atoms with Crippen molar-refractivity contribution < 1.29 is 4.52 Å². The first kappa shape index (κ1) is 15.6. The number of hydrogen-bond acceptors (Lipinski definition) is 5. The van der Waals surface area contributed by atoms with Crippen LogP contribution in [0.3, 0.4) is 0 Å². The van der Waals surface area contributed by atoms with Crippen LogP contribution in [0, 0.1) is 11.3 Å². The van der Waals surface area contributed by atoms with Crippen molar-refractivity contribution in [1.82, 2.24) is 15.4 Å². The van der Waals surface area contributed by atoms with Crippen molar-refractivity contribution in [1.29, 1.82) is 5.26 Å². The molecule has 27 heavy (non-hydrogen) atoms. The predicted octanol–water partition coefficient (Wildman–Crippen LogP) is 4.58. The fourth-order valence-corrected chi connectivity index (χ4v) is 3.88. The first-order valence-electron chi connectivity index (χ1n) is 8.99. The molecule has 6 heteroatoms. The summed E-state index contributed by atoms with van der Waals surface area (Å²) in [5.41, 5.74) is 6.98. The van der Waals surface area contributed by atoms with Crippen LogP contribution in [0.1, 0.15) is 35.6 Å². The summed E-state index contributed by atoms with van der Waals surface area (Å²) in [6.45, 7) is 0. The van der Waals surface area contributed by atoms with E-state index in [-0.39, 0.29) is 6.04 Å². The maximum atomic E-state index is 9.14. The standard InChI is InChI=1S/C21H17N5O/c22-10-13-4-6-17-14(8-13)2-1-3-19(17)24-16-5-7-20-18(9-16)21(26-25-20)15-11-23-27-12-15/h4-9,11-12,19,24H,1-3H2,(H,25,26)/t19-/m1/s1. The summed E-state index contributed by atoms with van der Waals surface area (Å²) in [5.74, 6) is 0. The molecule has 2 aromatic heterocycles. The number of aryl methyl sites for hydroxylation is 1. The van der Waals surface area contributed by atoms with Crippen molar-refractivity contribution in [2.24, 2.45) is 0 Å². The Labute approximate surface area is 155 Å². The zero-order valence-corrected chi connectivity index (χ0v) is 14.6. The van der Waals surface area contributed by atoms with Gasteiger partial charge in [-0.15, -0.1) is 0 Å². The molecule has 1 atom stereocenters. The number of nitrogens with one attached hydrogen (secondary N) is 2. The smallest absolute Gasteiger partial charge is 0.133 e. The minimum atomic E-state index is 0.241. The molecule has 2 aromatic carbocycles. The quantitative estimate of drug-likeness (QED) is 0.561. The Hall–Kier alpha value is -3.59. The summed E-state index contributed by atoms with van der Waals surface area (Å²) < 4.78 is 4.95. The monoisotopic (exact) mass is 355 g/mol. The molecule has 0 amide bonds. The van der Waals surface area contributed by atoms with Gasteiger partial charge in [-0.1, -0.05) is 11.2 Å². The van der Waals surface area contributed by atoms with Gasteiger partial charge in [0.25, 0.3) is 0 Å². The van der Waals surface area contributed by atoms with Crippen molar-refractivity contribution >= 4 is 16.6 Å². The molecule has 2 heterocycles. The number of aromatic nitrogens is 3. The van der Waals surface area contributed by atoms with Gasteiger partial charge in [0.05, 0.1) is 35.0 Å². The van der Waals surface area contributed by atoms with Crippen molar-refractivity contribution in [3.8, 4) is 17.3 Å². The van der Waals surface area contributed by atoms with Crippen molar-refractivity contribution in [3.05, 3.63) is 65.5 Å². The lowest BCUT2D eigenvalue weighted by molar-refractivity contribution is 0.420. The highest BCUT2D eigenvalue weighted by Crippen LogP contribution is 2.35. The van der Waals surface area contributed by atoms with E-state index in [1.807, 2.05) is 18.2 Å². The van der Waals surface area contributed by atoms with Gasteiger partial charge >= 0.3 is 0 Å². The number of nitrogens with zero attached hydrogens (tertiary/aromatic N) is 3. The maximum Gasteiger partial charge on any atom is 0.133 e. The molecule has 4 aromatic rings. The van der Waals surface area contributed by atoms with Crippen LogP contribution in [-0.4, -0.2) is 15.4 Å². The van der Waals surface area contributed by atoms with E-state index in [4.69, 9.17) is 9.78 Å². The van der Waals surface area contributed by atoms with E-state index in [9.17, 15) is 0 Å². The summed E-state index contributed by atoms with van der Waals surface area (Å²) in [6, 6.07) is 14.7. The number of rotatable bonds is 3. The SMILES string of the molecule is N#Cc1ccc2c(c1)CCC[C@H]2Nc1ccc2[nH]nc(-c3cnoc3)c2c1. The summed E-state index contributed by atoms with van der Waals surface area (Å²) in [4.78, 5) is 0. The van der Waals surface area contributed by atoms with Crippen LogP contribution < -0.4 is 5.32 Å². The third kappa shape index (κ3) is 2.74. The Morgan fingerprint density at radius 1 is 1.22 bits per heavy atom. The first-order valence-corrected chi connectivity index (χ1v) is 8.99. The molecule has 0 unspecified atom stereocenters. The molecule has 132 valence electrons. The van der Waals surface area contributed by atoms with Crippen molar-refractivity contribution in [3.63, 3.8) is 0 Å². The van der Waals surface area contributed by atoms with E-state index in [1.165, 1.54) is 11.1 Å². The van der Waals surface area contributed by atoms with E-state index in [2.05, 4.69) is 44.9 Å². The topological polar surface area (TPSA) is 90.5 Å². The molecular weight excluding hydrogens is 338 g/mol. The van der Waals surface area contributed by atoms with E-state index in [0.29, 0.717) is 0 Å². The number of fused-ring (bicyclic) bond motifs is 2. The van der Waals surface area contributed by atoms with Gasteiger partial charge in [-0.2, -0.15) is 10.4 Å². The average Bonchev–Trinajstić information content (AvgIpc) is 3.37. The minimum absolute atomic E-state index is 0.241. The molecule has 0 fully saturated rings. The van der Waals surface area contributed by atoms with Crippen LogP contribution in [0.25, 0.3) is 22.2 Å². The number of H-pyrrole nitrogens is 1. The summed E-state index contributed by atoms with van der Waals surface area (Å²) >= 11 is 0. The number of aromatic amines is 1. The van der Waals surface area contributed by atoms with Crippen LogP contribution >= 0.6 is 0 Å². The zero-order chi connectivity index (χ0) is 18.2. The molecule has 0 radical (unpaired) electrons. The average molecular weight is 355 g/mol. The van der Waals surface area contributed by atoms with Crippen LogP contribution in [0.2, 0.25) is 0 Å². The van der Waals surface area contributed by atoms with Crippen LogP contribution in [0.15, 0.2) is 53.4 Å². The molecule has 1 aliphatic rings. The lowest BCUT2D eigenvalue weighted by Crippen LogP contribution is -2.17. The van der Waals surface area contributed by atoms with Gasteiger partial charge in [0.2, 0.25) is 0 Å². The van der Waals surface area contributed by atoms with Crippen LogP contribution in [0.4, 0.5) is 5.69 Å². The highest BCUT2D eigenvalue weighted by molar-refractivity contribution is 5.94. The molecule has 0 saturated heterocycles. The van der Waals surface area contributed by atoms with Crippen molar-refractivity contribution in [2.45, 2.75) is 25.3 Å². The first-order chi connectivity index (χ1) is 13.3. The second kappa shape index (κ2) is 6.29. The van der Waals surface area contributed by atoms with Crippen LogP contribution in [0.5, 0.6) is 0 Å². The Balaban J connectivity index is 1.49. The number of hydrogen-bond donors (Lipinski definition) is 2. The predicted molar refractivity (Wildman–Crippen MR) is 102 cm³/mol. The summed E-state index contributed by atoms with van der Waals surface area (Å²) in [5, 5.41) is 25.1. The normalized spacial score (nSPS) is 16.0. The van der Waals surface area contributed by atoms with E-state index in [0.717, 1.165) is 52.7 Å². The Bertz CT molecular complexity index is 1150. The third-order valence-electron chi connectivity index (χ3n) is 5.20. The van der Waals surface area contributed by atoms with E-state index < -0.39 is 0 Å². The van der Waals surface area contributed by atoms with Crippen molar-refractivity contribution in [2.75, 3.05) is 5.32 Å². The molecular formula is C21H17N5O. The summed E-state index contributed by atoms with van der Waals surface area (Å²) in [6.07, 6.45) is 6.47. The molecule has 0 spiro atoms. The molecule has 1 aliphatic carbocycles. The highest BCUT2D eigenvalue weighted by Gasteiger charge is 2.21. The Morgan fingerprint density at radius 3 is 3.04 bits per heavy atom. The van der Waals surface area contributed by atoms with Gasteiger partial charge in [-0.25, -0.2) is 0 Å². The van der Waals surface area contributed by atoms with E-state index in [1.54, 1.807) is 12.5 Å². The van der Waals surface area contributed by atoms with Gasteiger partial charge in [0.15, 0.2) is 0 Å². The van der Waals surface area contributed by atoms with E-state index >= 15 is 0 Å². The fourth-order valence-electron chi connectivity index (χ4n) is 3.88.